The highest BCUT2D eigenvalue weighted by molar-refractivity contribution is 5.38. The van der Waals surface area contributed by atoms with E-state index < -0.39 is 34.2 Å². The molecule has 1 heterocycles. The Balaban J connectivity index is 2.04. The van der Waals surface area contributed by atoms with Gasteiger partial charge in [0.2, 0.25) is 0 Å². The van der Waals surface area contributed by atoms with Crippen LogP contribution in [0.5, 0.6) is 0 Å². The average molecular weight is 439 g/mol. The van der Waals surface area contributed by atoms with Crippen LogP contribution in [0.2, 0.25) is 0 Å². The number of hydrogen-bond acceptors (Lipinski definition) is 6. The lowest BCUT2D eigenvalue weighted by molar-refractivity contribution is -0.364. The second-order valence-electron chi connectivity index (χ2n) is 11.4. The summed E-state index contributed by atoms with van der Waals surface area (Å²) in [6, 6.07) is 0. The predicted molar refractivity (Wildman–Crippen MR) is 118 cm³/mol. The molecule has 2 bridgehead atoms. The van der Waals surface area contributed by atoms with Gasteiger partial charge in [-0.25, -0.2) is 0 Å². The van der Waals surface area contributed by atoms with Gasteiger partial charge >= 0.3 is 0 Å². The molecule has 3 fully saturated rings. The van der Waals surface area contributed by atoms with Crippen LogP contribution in [0.4, 0.5) is 0 Å². The predicted octanol–water partition coefficient (Wildman–Crippen LogP) is 2.95. The standard InChI is InChI=1S/C25H42O6/c1-13-10-17-24(30-9,12-31-17)19-21(29-8)25(27)11-16(28-7)14(2)18(22(25,4)5)15(3)20(26)23(13,19)6/h13,15-17,19-21,26-27H,10-12H2,1-9H3/t13-,15+,16?,17?,19?,20?,21?,23+,24?,25?/m0/s1. The SMILES string of the molecule is COC1CC2(O)C(OC)C3C4(OC)COC4C[C@H](C)[C@@]3(C)C(O)[C@H](C)C(=C1C)C2(C)C. The van der Waals surface area contributed by atoms with Crippen molar-refractivity contribution in [2.24, 2.45) is 28.6 Å². The Hall–Kier alpha value is -0.500. The van der Waals surface area contributed by atoms with Crippen LogP contribution in [0, 0.1) is 28.6 Å². The van der Waals surface area contributed by atoms with Gasteiger partial charge in [-0.3, -0.25) is 0 Å². The fraction of sp³-hybridized carbons (Fsp3) is 0.920. The van der Waals surface area contributed by atoms with Gasteiger partial charge in [0.25, 0.3) is 0 Å². The van der Waals surface area contributed by atoms with Gasteiger partial charge in [-0.05, 0) is 24.8 Å². The minimum absolute atomic E-state index is 0.0598. The summed E-state index contributed by atoms with van der Waals surface area (Å²) < 4.78 is 24.3. The first kappa shape index (κ1) is 23.7. The minimum atomic E-state index is -1.19. The van der Waals surface area contributed by atoms with Crippen LogP contribution in [0.1, 0.15) is 54.4 Å². The largest absolute Gasteiger partial charge is 0.392 e. The quantitative estimate of drug-likeness (QED) is 0.660. The first-order valence-corrected chi connectivity index (χ1v) is 11.7. The summed E-state index contributed by atoms with van der Waals surface area (Å²) in [7, 11) is 5.11. The van der Waals surface area contributed by atoms with E-state index in [4.69, 9.17) is 18.9 Å². The molecular weight excluding hydrogens is 396 g/mol. The lowest BCUT2D eigenvalue weighted by Crippen LogP contribution is -2.80. The van der Waals surface area contributed by atoms with E-state index in [1.807, 2.05) is 0 Å². The van der Waals surface area contributed by atoms with E-state index in [9.17, 15) is 10.2 Å². The van der Waals surface area contributed by atoms with Crippen LogP contribution in [0.15, 0.2) is 11.1 Å². The van der Waals surface area contributed by atoms with Gasteiger partial charge in [0.05, 0.1) is 31.0 Å². The molecule has 1 saturated heterocycles. The minimum Gasteiger partial charge on any atom is -0.392 e. The van der Waals surface area contributed by atoms with Crippen molar-refractivity contribution in [3.63, 3.8) is 0 Å². The number of fused-ring (bicyclic) bond motifs is 5. The molecule has 4 aliphatic rings. The molecule has 4 rings (SSSR count). The Kier molecular flexibility index (Phi) is 5.53. The Morgan fingerprint density at radius 1 is 1.06 bits per heavy atom. The molecule has 2 N–H and O–H groups in total. The molecule has 3 aliphatic carbocycles. The van der Waals surface area contributed by atoms with Crippen molar-refractivity contribution in [3.05, 3.63) is 11.1 Å². The van der Waals surface area contributed by atoms with Crippen molar-refractivity contribution < 1.29 is 29.2 Å². The molecule has 6 heteroatoms. The van der Waals surface area contributed by atoms with Gasteiger partial charge < -0.3 is 29.2 Å². The van der Waals surface area contributed by atoms with Crippen LogP contribution >= 0.6 is 0 Å². The van der Waals surface area contributed by atoms with E-state index in [2.05, 4.69) is 41.5 Å². The maximum Gasteiger partial charge on any atom is 0.123 e. The number of aliphatic hydroxyl groups excluding tert-OH is 1. The maximum atomic E-state index is 12.6. The van der Waals surface area contributed by atoms with E-state index in [0.717, 1.165) is 17.6 Å². The zero-order chi connectivity index (χ0) is 23.1. The van der Waals surface area contributed by atoms with Gasteiger partial charge in [0.15, 0.2) is 0 Å². The summed E-state index contributed by atoms with van der Waals surface area (Å²) in [6.07, 6.45) is -0.193. The highest BCUT2D eigenvalue weighted by Gasteiger charge is 2.74. The third-order valence-electron chi connectivity index (χ3n) is 10.3. The highest BCUT2D eigenvalue weighted by Crippen LogP contribution is 2.66. The normalized spacial score (nSPS) is 53.7. The van der Waals surface area contributed by atoms with Crippen LogP contribution in [0.3, 0.4) is 0 Å². The molecule has 2 saturated carbocycles. The number of aliphatic hydroxyl groups is 2. The Morgan fingerprint density at radius 2 is 1.71 bits per heavy atom. The average Bonchev–Trinajstić information content (AvgIpc) is 2.71. The molecule has 0 aromatic heterocycles. The number of methoxy groups -OCH3 is 3. The Labute approximate surface area is 187 Å². The molecule has 0 aromatic rings. The van der Waals surface area contributed by atoms with Gasteiger partial charge in [0.1, 0.15) is 11.2 Å². The van der Waals surface area contributed by atoms with Crippen LogP contribution in [0.25, 0.3) is 0 Å². The molecule has 0 spiro atoms. The van der Waals surface area contributed by atoms with Crippen molar-refractivity contribution in [3.8, 4) is 0 Å². The first-order chi connectivity index (χ1) is 14.4. The summed E-state index contributed by atoms with van der Waals surface area (Å²) >= 11 is 0. The molecule has 0 amide bonds. The maximum absolute atomic E-state index is 12.6. The second kappa shape index (κ2) is 7.25. The lowest BCUT2D eigenvalue weighted by Gasteiger charge is -2.70. The Morgan fingerprint density at radius 3 is 2.19 bits per heavy atom. The zero-order valence-corrected chi connectivity index (χ0v) is 20.7. The van der Waals surface area contributed by atoms with Crippen molar-refractivity contribution >= 4 is 0 Å². The van der Waals surface area contributed by atoms with Crippen molar-refractivity contribution in [2.75, 3.05) is 27.9 Å². The summed E-state index contributed by atoms with van der Waals surface area (Å²) in [5, 5.41) is 24.6. The number of hydrogen-bond donors (Lipinski definition) is 2. The molecule has 178 valence electrons. The fourth-order valence-corrected chi connectivity index (χ4v) is 8.26. The fourth-order valence-electron chi connectivity index (χ4n) is 8.26. The number of ether oxygens (including phenoxy) is 4. The highest BCUT2D eigenvalue weighted by atomic mass is 16.6. The second-order valence-corrected chi connectivity index (χ2v) is 11.4. The summed E-state index contributed by atoms with van der Waals surface area (Å²) in [4.78, 5) is 0. The molecule has 10 atom stereocenters. The van der Waals surface area contributed by atoms with E-state index in [0.29, 0.717) is 13.0 Å². The summed E-state index contributed by atoms with van der Waals surface area (Å²) in [6.45, 7) is 13.2. The van der Waals surface area contributed by atoms with Gasteiger partial charge in [-0.15, -0.1) is 0 Å². The van der Waals surface area contributed by atoms with Gasteiger partial charge in [-0.1, -0.05) is 40.2 Å². The molecular formula is C25H42O6. The monoisotopic (exact) mass is 438 g/mol. The summed E-state index contributed by atoms with van der Waals surface area (Å²) in [5.41, 5.74) is -0.704. The topological polar surface area (TPSA) is 77.4 Å². The van der Waals surface area contributed by atoms with E-state index in [-0.39, 0.29) is 30.0 Å². The Bertz CT molecular complexity index is 759. The molecule has 31 heavy (non-hydrogen) atoms. The molecule has 1 aliphatic heterocycles. The lowest BCUT2D eigenvalue weighted by atomic mass is 9.42. The number of rotatable bonds is 3. The van der Waals surface area contributed by atoms with Crippen molar-refractivity contribution in [1.29, 1.82) is 0 Å². The van der Waals surface area contributed by atoms with Crippen LogP contribution in [-0.2, 0) is 18.9 Å². The molecule has 6 nitrogen and oxygen atoms in total. The van der Waals surface area contributed by atoms with Crippen LogP contribution in [-0.4, -0.2) is 73.8 Å². The van der Waals surface area contributed by atoms with E-state index >= 15 is 0 Å². The first-order valence-electron chi connectivity index (χ1n) is 11.7. The van der Waals surface area contributed by atoms with Crippen molar-refractivity contribution in [2.45, 2.75) is 90.0 Å². The van der Waals surface area contributed by atoms with E-state index in [1.54, 1.807) is 21.3 Å². The smallest absolute Gasteiger partial charge is 0.123 e. The van der Waals surface area contributed by atoms with Gasteiger partial charge in [-0.2, -0.15) is 0 Å². The van der Waals surface area contributed by atoms with E-state index in [1.165, 1.54) is 0 Å². The molecule has 7 unspecified atom stereocenters. The van der Waals surface area contributed by atoms with Crippen LogP contribution < -0.4 is 0 Å². The third kappa shape index (κ3) is 2.61. The van der Waals surface area contributed by atoms with Gasteiger partial charge in [0, 0.05) is 50.4 Å². The van der Waals surface area contributed by atoms with Crippen molar-refractivity contribution in [1.82, 2.24) is 0 Å². The summed E-state index contributed by atoms with van der Waals surface area (Å²) in [5.74, 6) is -0.207. The zero-order valence-electron chi connectivity index (χ0n) is 20.7. The third-order valence-corrected chi connectivity index (χ3v) is 10.3. The molecule has 0 radical (unpaired) electrons. The molecule has 0 aromatic carbocycles.